The zero-order valence-electron chi connectivity index (χ0n) is 6.43. The molecule has 0 bridgehead atoms. The van der Waals surface area contributed by atoms with E-state index in [1.807, 2.05) is 0 Å². The van der Waals surface area contributed by atoms with Gasteiger partial charge in [-0.05, 0) is 12.0 Å². The standard InChI is InChI=1S/C6H11N3O2/c1-10-6-3-2-5(11-6)4-8-9-7/h5-6H,2-4H2,1H3. The summed E-state index contributed by atoms with van der Waals surface area (Å²) in [5.41, 5.74) is 8.02. The van der Waals surface area contributed by atoms with Crippen LogP contribution in [0.2, 0.25) is 0 Å². The molecule has 1 heterocycles. The molecule has 2 unspecified atom stereocenters. The fourth-order valence-corrected chi connectivity index (χ4v) is 1.11. The molecule has 62 valence electrons. The molecule has 1 rings (SSSR count). The summed E-state index contributed by atoms with van der Waals surface area (Å²) in [5, 5.41) is 3.42. The predicted molar refractivity (Wildman–Crippen MR) is 38.9 cm³/mol. The van der Waals surface area contributed by atoms with Gasteiger partial charge in [0.2, 0.25) is 0 Å². The van der Waals surface area contributed by atoms with Gasteiger partial charge in [0.1, 0.15) is 0 Å². The van der Waals surface area contributed by atoms with Crippen molar-refractivity contribution in [2.75, 3.05) is 13.7 Å². The normalized spacial score (nSPS) is 29.9. The van der Waals surface area contributed by atoms with Crippen LogP contribution in [0.1, 0.15) is 12.8 Å². The van der Waals surface area contributed by atoms with E-state index in [1.54, 1.807) is 7.11 Å². The van der Waals surface area contributed by atoms with E-state index < -0.39 is 0 Å². The number of ether oxygens (including phenoxy) is 2. The molecule has 5 heteroatoms. The molecule has 0 radical (unpaired) electrons. The summed E-state index contributed by atoms with van der Waals surface area (Å²) in [6.45, 7) is 0.413. The minimum atomic E-state index is -0.103. The second kappa shape index (κ2) is 4.18. The van der Waals surface area contributed by atoms with Gasteiger partial charge in [-0.2, -0.15) is 0 Å². The van der Waals surface area contributed by atoms with Gasteiger partial charge < -0.3 is 9.47 Å². The molecular formula is C6H11N3O2. The summed E-state index contributed by atoms with van der Waals surface area (Å²) in [4.78, 5) is 2.65. The number of hydrogen-bond acceptors (Lipinski definition) is 3. The molecule has 0 saturated carbocycles. The lowest BCUT2D eigenvalue weighted by Gasteiger charge is -2.08. The Hall–Kier alpha value is -0.770. The van der Waals surface area contributed by atoms with Crippen LogP contribution >= 0.6 is 0 Å². The van der Waals surface area contributed by atoms with Crippen LogP contribution in [0.4, 0.5) is 0 Å². The van der Waals surface area contributed by atoms with Crippen molar-refractivity contribution in [3.63, 3.8) is 0 Å². The van der Waals surface area contributed by atoms with Crippen LogP contribution in [-0.2, 0) is 9.47 Å². The van der Waals surface area contributed by atoms with E-state index in [9.17, 15) is 0 Å². The molecular weight excluding hydrogens is 146 g/mol. The van der Waals surface area contributed by atoms with Crippen molar-refractivity contribution < 1.29 is 9.47 Å². The van der Waals surface area contributed by atoms with E-state index in [-0.39, 0.29) is 12.4 Å². The molecule has 1 aliphatic rings. The summed E-state index contributed by atoms with van der Waals surface area (Å²) >= 11 is 0. The van der Waals surface area contributed by atoms with Gasteiger partial charge >= 0.3 is 0 Å². The third kappa shape index (κ3) is 2.38. The third-order valence-corrected chi connectivity index (χ3v) is 1.68. The summed E-state index contributed by atoms with van der Waals surface area (Å²) in [7, 11) is 1.61. The molecule has 0 aromatic carbocycles. The van der Waals surface area contributed by atoms with E-state index in [2.05, 4.69) is 10.0 Å². The van der Waals surface area contributed by atoms with E-state index >= 15 is 0 Å². The minimum absolute atomic E-state index is 0.0517. The number of hydrogen-bond donors (Lipinski definition) is 0. The first-order chi connectivity index (χ1) is 5.36. The highest BCUT2D eigenvalue weighted by Crippen LogP contribution is 2.19. The molecule has 2 atom stereocenters. The fourth-order valence-electron chi connectivity index (χ4n) is 1.11. The van der Waals surface area contributed by atoms with Gasteiger partial charge in [-0.1, -0.05) is 5.11 Å². The van der Waals surface area contributed by atoms with Crippen LogP contribution in [0, 0.1) is 0 Å². The first kappa shape index (κ1) is 8.33. The summed E-state index contributed by atoms with van der Waals surface area (Å²) in [6.07, 6.45) is 1.75. The molecule has 0 amide bonds. The second-order valence-corrected chi connectivity index (χ2v) is 2.41. The Labute approximate surface area is 64.9 Å². The Kier molecular flexibility index (Phi) is 3.16. The van der Waals surface area contributed by atoms with Gasteiger partial charge in [0, 0.05) is 18.4 Å². The topological polar surface area (TPSA) is 67.2 Å². The highest BCUT2D eigenvalue weighted by Gasteiger charge is 2.23. The average molecular weight is 157 g/mol. The maximum absolute atomic E-state index is 8.02. The van der Waals surface area contributed by atoms with Crippen LogP contribution < -0.4 is 0 Å². The number of nitrogens with zero attached hydrogens (tertiary/aromatic N) is 3. The molecule has 1 fully saturated rings. The third-order valence-electron chi connectivity index (χ3n) is 1.68. The highest BCUT2D eigenvalue weighted by atomic mass is 16.7. The van der Waals surface area contributed by atoms with Gasteiger partial charge in [0.15, 0.2) is 6.29 Å². The van der Waals surface area contributed by atoms with Crippen LogP contribution in [0.15, 0.2) is 5.11 Å². The quantitative estimate of drug-likeness (QED) is 0.353. The van der Waals surface area contributed by atoms with Crippen molar-refractivity contribution in [2.45, 2.75) is 25.2 Å². The van der Waals surface area contributed by atoms with Crippen molar-refractivity contribution in [2.24, 2.45) is 5.11 Å². The molecule has 1 saturated heterocycles. The first-order valence-corrected chi connectivity index (χ1v) is 3.56. The van der Waals surface area contributed by atoms with Gasteiger partial charge in [0.05, 0.1) is 12.6 Å². The zero-order valence-corrected chi connectivity index (χ0v) is 6.43. The fraction of sp³-hybridized carbons (Fsp3) is 1.00. The molecule has 5 nitrogen and oxygen atoms in total. The Morgan fingerprint density at radius 3 is 3.09 bits per heavy atom. The van der Waals surface area contributed by atoms with Crippen LogP contribution in [0.3, 0.4) is 0 Å². The number of methoxy groups -OCH3 is 1. The van der Waals surface area contributed by atoms with Crippen molar-refractivity contribution in [1.29, 1.82) is 0 Å². The highest BCUT2D eigenvalue weighted by molar-refractivity contribution is 4.70. The maximum atomic E-state index is 8.02. The Morgan fingerprint density at radius 1 is 1.73 bits per heavy atom. The largest absolute Gasteiger partial charge is 0.356 e. The molecule has 0 N–H and O–H groups in total. The maximum Gasteiger partial charge on any atom is 0.157 e. The lowest BCUT2D eigenvalue weighted by atomic mass is 10.2. The van der Waals surface area contributed by atoms with Crippen molar-refractivity contribution in [3.05, 3.63) is 10.4 Å². The predicted octanol–water partition coefficient (Wildman–Crippen LogP) is 1.45. The Balaban J connectivity index is 2.24. The second-order valence-electron chi connectivity index (χ2n) is 2.41. The van der Waals surface area contributed by atoms with E-state index in [1.165, 1.54) is 0 Å². The molecule has 11 heavy (non-hydrogen) atoms. The number of azide groups is 1. The Bertz CT molecular complexity index is 167. The van der Waals surface area contributed by atoms with Crippen LogP contribution in [0.5, 0.6) is 0 Å². The van der Waals surface area contributed by atoms with Gasteiger partial charge in [-0.3, -0.25) is 0 Å². The van der Waals surface area contributed by atoms with Crippen molar-refractivity contribution in [1.82, 2.24) is 0 Å². The minimum Gasteiger partial charge on any atom is -0.356 e. The SMILES string of the molecule is COC1CCC(CN=[N+]=[N-])O1. The van der Waals surface area contributed by atoms with Crippen LogP contribution in [-0.4, -0.2) is 26.0 Å². The van der Waals surface area contributed by atoms with Gasteiger partial charge in [-0.15, -0.1) is 0 Å². The Morgan fingerprint density at radius 2 is 2.55 bits per heavy atom. The molecule has 0 aliphatic carbocycles. The molecule has 0 aromatic rings. The molecule has 0 aromatic heterocycles. The van der Waals surface area contributed by atoms with Gasteiger partial charge in [-0.25, -0.2) is 0 Å². The monoisotopic (exact) mass is 157 g/mol. The smallest absolute Gasteiger partial charge is 0.157 e. The van der Waals surface area contributed by atoms with Crippen LogP contribution in [0.25, 0.3) is 10.4 Å². The summed E-state index contributed by atoms with van der Waals surface area (Å²) < 4.78 is 10.3. The van der Waals surface area contributed by atoms with E-state index in [4.69, 9.17) is 15.0 Å². The van der Waals surface area contributed by atoms with E-state index in [0.717, 1.165) is 12.8 Å². The summed E-state index contributed by atoms with van der Waals surface area (Å²) in [5.74, 6) is 0. The molecule has 1 aliphatic heterocycles. The van der Waals surface area contributed by atoms with Gasteiger partial charge in [0.25, 0.3) is 0 Å². The zero-order chi connectivity index (χ0) is 8.10. The first-order valence-electron chi connectivity index (χ1n) is 3.56. The average Bonchev–Trinajstić information content (AvgIpc) is 2.48. The van der Waals surface area contributed by atoms with E-state index in [0.29, 0.717) is 6.54 Å². The lowest BCUT2D eigenvalue weighted by Crippen LogP contribution is -2.14. The summed E-state index contributed by atoms with van der Waals surface area (Å²) in [6, 6.07) is 0. The molecule has 0 spiro atoms. The van der Waals surface area contributed by atoms with Crippen molar-refractivity contribution >= 4 is 0 Å². The van der Waals surface area contributed by atoms with Crippen molar-refractivity contribution in [3.8, 4) is 0 Å². The lowest BCUT2D eigenvalue weighted by molar-refractivity contribution is -0.112. The number of rotatable bonds is 3.